The minimum atomic E-state index is -0.0869. The molecule has 0 aliphatic heterocycles. The van der Waals surface area contributed by atoms with E-state index in [1.54, 1.807) is 17.8 Å². The molecule has 5 heteroatoms. The first kappa shape index (κ1) is 13.0. The lowest BCUT2D eigenvalue weighted by Crippen LogP contribution is -2.25. The van der Waals surface area contributed by atoms with Crippen molar-refractivity contribution < 1.29 is 4.79 Å². The average Bonchev–Trinajstić information content (AvgIpc) is 2.82. The van der Waals surface area contributed by atoms with Crippen molar-refractivity contribution in [1.82, 2.24) is 5.32 Å². The van der Waals surface area contributed by atoms with Gasteiger partial charge in [-0.2, -0.15) is 0 Å². The summed E-state index contributed by atoms with van der Waals surface area (Å²) < 4.78 is 0. The second kappa shape index (κ2) is 6.47. The molecule has 0 radical (unpaired) electrons. The fourth-order valence-electron chi connectivity index (χ4n) is 1.43. The summed E-state index contributed by atoms with van der Waals surface area (Å²) in [4.78, 5) is 13.6. The molecular weight excluding hydrogens is 264 g/mol. The highest BCUT2D eigenvalue weighted by Crippen LogP contribution is 2.19. The maximum Gasteiger partial charge on any atom is 0.263 e. The van der Waals surface area contributed by atoms with Gasteiger partial charge >= 0.3 is 0 Å². The van der Waals surface area contributed by atoms with Crippen LogP contribution in [-0.2, 0) is 0 Å². The molecular formula is C13H14N2OS2. The lowest BCUT2D eigenvalue weighted by atomic mass is 10.4. The maximum atomic E-state index is 11.7. The highest BCUT2D eigenvalue weighted by atomic mass is 32.2. The fraction of sp³-hybridized carbons (Fsp3) is 0.154. The van der Waals surface area contributed by atoms with Crippen LogP contribution in [0.5, 0.6) is 0 Å². The lowest BCUT2D eigenvalue weighted by Gasteiger charge is -2.04. The van der Waals surface area contributed by atoms with Crippen LogP contribution in [0.2, 0.25) is 0 Å². The van der Waals surface area contributed by atoms with Crippen LogP contribution in [0.25, 0.3) is 0 Å². The molecule has 0 aliphatic rings. The molecule has 0 bridgehead atoms. The Labute approximate surface area is 114 Å². The van der Waals surface area contributed by atoms with E-state index in [0.717, 1.165) is 5.75 Å². The van der Waals surface area contributed by atoms with E-state index in [4.69, 9.17) is 5.73 Å². The van der Waals surface area contributed by atoms with E-state index in [0.29, 0.717) is 17.1 Å². The third kappa shape index (κ3) is 3.51. The first-order chi connectivity index (χ1) is 8.77. The molecule has 18 heavy (non-hydrogen) atoms. The Balaban J connectivity index is 1.73. The number of amides is 1. The zero-order valence-corrected chi connectivity index (χ0v) is 11.4. The van der Waals surface area contributed by atoms with E-state index in [1.165, 1.54) is 16.2 Å². The van der Waals surface area contributed by atoms with Gasteiger partial charge in [0.15, 0.2) is 0 Å². The van der Waals surface area contributed by atoms with Gasteiger partial charge in [-0.25, -0.2) is 0 Å². The number of thioether (sulfide) groups is 1. The summed E-state index contributed by atoms with van der Waals surface area (Å²) in [7, 11) is 0. The number of nitrogens with one attached hydrogen (secondary N) is 1. The molecule has 0 spiro atoms. The number of hydrogen-bond donors (Lipinski definition) is 2. The number of carbonyl (C=O) groups excluding carboxylic acids is 1. The zero-order valence-electron chi connectivity index (χ0n) is 9.76. The minimum absolute atomic E-state index is 0.0869. The first-order valence-electron chi connectivity index (χ1n) is 5.56. The number of thiophene rings is 1. The normalized spacial score (nSPS) is 10.2. The van der Waals surface area contributed by atoms with Crippen LogP contribution in [0, 0.1) is 0 Å². The SMILES string of the molecule is Nc1ccsc1C(=O)NCCSc1ccccc1. The molecule has 0 saturated heterocycles. The highest BCUT2D eigenvalue weighted by molar-refractivity contribution is 7.99. The van der Waals surface area contributed by atoms with Crippen molar-refractivity contribution in [2.24, 2.45) is 0 Å². The fourth-order valence-corrected chi connectivity index (χ4v) is 2.96. The van der Waals surface area contributed by atoms with Crippen LogP contribution in [0.1, 0.15) is 9.67 Å². The van der Waals surface area contributed by atoms with Crippen molar-refractivity contribution in [3.63, 3.8) is 0 Å². The van der Waals surface area contributed by atoms with E-state index in [-0.39, 0.29) is 5.91 Å². The molecule has 94 valence electrons. The molecule has 3 nitrogen and oxygen atoms in total. The molecule has 0 unspecified atom stereocenters. The summed E-state index contributed by atoms with van der Waals surface area (Å²) in [5.74, 6) is 0.761. The van der Waals surface area contributed by atoms with Crippen LogP contribution < -0.4 is 11.1 Å². The van der Waals surface area contributed by atoms with Crippen molar-refractivity contribution in [1.29, 1.82) is 0 Å². The number of nitrogens with two attached hydrogens (primary N) is 1. The Morgan fingerprint density at radius 1 is 1.28 bits per heavy atom. The number of nitrogen functional groups attached to an aromatic ring is 1. The Kier molecular flexibility index (Phi) is 4.66. The standard InChI is InChI=1S/C13H14N2OS2/c14-11-6-8-18-12(11)13(16)15-7-9-17-10-4-2-1-3-5-10/h1-6,8H,7,9,14H2,(H,15,16). The largest absolute Gasteiger partial charge is 0.397 e. The van der Waals surface area contributed by atoms with Gasteiger partial charge in [0.25, 0.3) is 5.91 Å². The van der Waals surface area contributed by atoms with Crippen LogP contribution >= 0.6 is 23.1 Å². The zero-order chi connectivity index (χ0) is 12.8. The van der Waals surface area contributed by atoms with Gasteiger partial charge < -0.3 is 11.1 Å². The van der Waals surface area contributed by atoms with Crippen molar-refractivity contribution >= 4 is 34.7 Å². The maximum absolute atomic E-state index is 11.7. The van der Waals surface area contributed by atoms with Crippen LogP contribution in [-0.4, -0.2) is 18.2 Å². The van der Waals surface area contributed by atoms with E-state index in [9.17, 15) is 4.79 Å². The third-order valence-electron chi connectivity index (χ3n) is 2.30. The van der Waals surface area contributed by atoms with Crippen LogP contribution in [0.3, 0.4) is 0 Å². The predicted octanol–water partition coefficient (Wildman–Crippen LogP) is 2.85. The number of hydrogen-bond acceptors (Lipinski definition) is 4. The van der Waals surface area contributed by atoms with Crippen molar-refractivity contribution in [3.8, 4) is 0 Å². The molecule has 1 aromatic heterocycles. The Hall–Kier alpha value is -1.46. The Bertz CT molecular complexity index is 511. The minimum Gasteiger partial charge on any atom is -0.397 e. The van der Waals surface area contributed by atoms with Gasteiger partial charge in [0.05, 0.1) is 5.69 Å². The Morgan fingerprint density at radius 3 is 2.72 bits per heavy atom. The summed E-state index contributed by atoms with van der Waals surface area (Å²) in [6, 6.07) is 11.9. The smallest absolute Gasteiger partial charge is 0.263 e. The van der Waals surface area contributed by atoms with Gasteiger partial charge in [-0.1, -0.05) is 18.2 Å². The first-order valence-corrected chi connectivity index (χ1v) is 7.43. The van der Waals surface area contributed by atoms with Crippen molar-refractivity contribution in [2.75, 3.05) is 18.0 Å². The molecule has 0 atom stereocenters. The van der Waals surface area contributed by atoms with Gasteiger partial charge in [-0.15, -0.1) is 23.1 Å². The molecule has 1 amide bonds. The van der Waals surface area contributed by atoms with E-state index in [2.05, 4.69) is 17.4 Å². The number of rotatable bonds is 5. The molecule has 1 heterocycles. The third-order valence-corrected chi connectivity index (χ3v) is 4.24. The number of carbonyl (C=O) groups is 1. The predicted molar refractivity (Wildman–Crippen MR) is 78.2 cm³/mol. The quantitative estimate of drug-likeness (QED) is 0.653. The summed E-state index contributed by atoms with van der Waals surface area (Å²) in [6.07, 6.45) is 0. The van der Waals surface area contributed by atoms with Gasteiger partial charge in [0.1, 0.15) is 4.88 Å². The van der Waals surface area contributed by atoms with Gasteiger partial charge in [-0.05, 0) is 23.6 Å². The lowest BCUT2D eigenvalue weighted by molar-refractivity contribution is 0.0961. The van der Waals surface area contributed by atoms with E-state index in [1.807, 2.05) is 23.6 Å². The van der Waals surface area contributed by atoms with Crippen LogP contribution in [0.4, 0.5) is 5.69 Å². The monoisotopic (exact) mass is 278 g/mol. The van der Waals surface area contributed by atoms with Crippen LogP contribution in [0.15, 0.2) is 46.7 Å². The van der Waals surface area contributed by atoms with Gasteiger partial charge in [0.2, 0.25) is 0 Å². The molecule has 2 rings (SSSR count). The molecule has 0 saturated carbocycles. The number of anilines is 1. The molecule has 3 N–H and O–H groups in total. The number of benzene rings is 1. The summed E-state index contributed by atoms with van der Waals surface area (Å²) in [6.45, 7) is 0.635. The van der Waals surface area contributed by atoms with Crippen molar-refractivity contribution in [3.05, 3.63) is 46.7 Å². The summed E-state index contributed by atoms with van der Waals surface area (Å²) >= 11 is 3.09. The Morgan fingerprint density at radius 2 is 2.06 bits per heavy atom. The topological polar surface area (TPSA) is 55.1 Å². The highest BCUT2D eigenvalue weighted by Gasteiger charge is 2.09. The van der Waals surface area contributed by atoms with Gasteiger partial charge in [0, 0.05) is 17.2 Å². The average molecular weight is 278 g/mol. The second-order valence-electron chi connectivity index (χ2n) is 3.62. The summed E-state index contributed by atoms with van der Waals surface area (Å²) in [5, 5.41) is 4.69. The van der Waals surface area contributed by atoms with Gasteiger partial charge in [-0.3, -0.25) is 4.79 Å². The second-order valence-corrected chi connectivity index (χ2v) is 5.71. The molecule has 0 aliphatic carbocycles. The molecule has 1 aromatic carbocycles. The molecule has 2 aromatic rings. The van der Waals surface area contributed by atoms with E-state index < -0.39 is 0 Å². The summed E-state index contributed by atoms with van der Waals surface area (Å²) in [5.41, 5.74) is 6.23. The van der Waals surface area contributed by atoms with Crippen molar-refractivity contribution in [2.45, 2.75) is 4.90 Å². The van der Waals surface area contributed by atoms with E-state index >= 15 is 0 Å². The molecule has 0 fully saturated rings.